The molecular formula is C23H21NO4. The summed E-state index contributed by atoms with van der Waals surface area (Å²) in [6.07, 6.45) is 0.509. The van der Waals surface area contributed by atoms with Crippen molar-refractivity contribution in [1.82, 2.24) is 4.98 Å². The number of ether oxygens (including phenoxy) is 2. The smallest absolute Gasteiger partial charge is 0.340 e. The number of carbonyl (C=O) groups excluding carboxylic acids is 1. The van der Waals surface area contributed by atoms with Gasteiger partial charge in [0.05, 0.1) is 24.8 Å². The minimum absolute atomic E-state index is 0.139. The van der Waals surface area contributed by atoms with Crippen LogP contribution < -0.4 is 4.74 Å². The normalized spacial score (nSPS) is 11.1. The minimum Gasteiger partial charge on any atom is -0.507 e. The lowest BCUT2D eigenvalue weighted by Gasteiger charge is -2.07. The van der Waals surface area contributed by atoms with Crippen LogP contribution in [0.15, 0.2) is 54.6 Å². The summed E-state index contributed by atoms with van der Waals surface area (Å²) in [5.41, 5.74) is 3.03. The number of aromatic amines is 1. The fraction of sp³-hybridized carbons (Fsp3) is 0.174. The van der Waals surface area contributed by atoms with Gasteiger partial charge >= 0.3 is 5.97 Å². The Hall–Kier alpha value is -3.47. The first-order valence-electron chi connectivity index (χ1n) is 9.17. The van der Waals surface area contributed by atoms with Crippen LogP contribution in [-0.4, -0.2) is 29.8 Å². The van der Waals surface area contributed by atoms with Crippen LogP contribution in [0.25, 0.3) is 21.7 Å². The molecular weight excluding hydrogens is 354 g/mol. The Balaban J connectivity index is 1.94. The van der Waals surface area contributed by atoms with Crippen molar-refractivity contribution in [3.8, 4) is 11.5 Å². The van der Waals surface area contributed by atoms with Crippen molar-refractivity contribution in [1.29, 1.82) is 0 Å². The van der Waals surface area contributed by atoms with Gasteiger partial charge in [0.2, 0.25) is 0 Å². The number of rotatable bonds is 5. The van der Waals surface area contributed by atoms with Gasteiger partial charge < -0.3 is 19.6 Å². The van der Waals surface area contributed by atoms with E-state index >= 15 is 0 Å². The van der Waals surface area contributed by atoms with Gasteiger partial charge in [-0.1, -0.05) is 36.4 Å². The molecule has 28 heavy (non-hydrogen) atoms. The van der Waals surface area contributed by atoms with Crippen LogP contribution in [0.4, 0.5) is 0 Å². The van der Waals surface area contributed by atoms with Crippen molar-refractivity contribution in [2.45, 2.75) is 13.3 Å². The van der Waals surface area contributed by atoms with Gasteiger partial charge in [-0.25, -0.2) is 4.79 Å². The third-order valence-electron chi connectivity index (χ3n) is 4.86. The highest BCUT2D eigenvalue weighted by atomic mass is 16.5. The van der Waals surface area contributed by atoms with Crippen LogP contribution in [0.3, 0.4) is 0 Å². The maximum absolute atomic E-state index is 12.8. The lowest BCUT2D eigenvalue weighted by Crippen LogP contribution is -2.07. The molecule has 0 atom stereocenters. The van der Waals surface area contributed by atoms with Gasteiger partial charge in [-0.3, -0.25) is 0 Å². The fourth-order valence-electron chi connectivity index (χ4n) is 3.62. The second-order valence-electron chi connectivity index (χ2n) is 6.59. The third-order valence-corrected chi connectivity index (χ3v) is 4.86. The molecule has 0 aliphatic rings. The number of hydrogen-bond donors (Lipinski definition) is 2. The molecule has 4 aromatic rings. The van der Waals surface area contributed by atoms with Crippen LogP contribution in [0.2, 0.25) is 0 Å². The van der Waals surface area contributed by atoms with Crippen molar-refractivity contribution in [3.63, 3.8) is 0 Å². The Kier molecular flexibility index (Phi) is 4.65. The Bertz CT molecular complexity index is 1180. The van der Waals surface area contributed by atoms with E-state index in [0.717, 1.165) is 33.3 Å². The molecule has 0 saturated carbocycles. The molecule has 5 nitrogen and oxygen atoms in total. The molecule has 0 fully saturated rings. The topological polar surface area (TPSA) is 71.5 Å². The average molecular weight is 375 g/mol. The minimum atomic E-state index is -0.402. The molecule has 3 aromatic carbocycles. The first-order valence-corrected chi connectivity index (χ1v) is 9.17. The molecule has 0 aliphatic carbocycles. The zero-order valence-corrected chi connectivity index (χ0v) is 15.8. The number of fused-ring (bicyclic) bond motifs is 3. The number of aromatic nitrogens is 1. The standard InChI is InChI=1S/C23H21NO4/c1-3-28-23(26)21-18-13-20(25)16-9-4-5-10-17(16)22(18)24-19(21)12-14-7-6-8-15(11-14)27-2/h4-11,13,24-25H,3,12H2,1-2H3. The number of phenolic OH excluding ortho intramolecular Hbond substituents is 1. The van der Waals surface area contributed by atoms with E-state index in [0.29, 0.717) is 17.4 Å². The quantitative estimate of drug-likeness (QED) is 0.492. The van der Waals surface area contributed by atoms with Crippen LogP contribution in [-0.2, 0) is 11.2 Å². The van der Waals surface area contributed by atoms with Crippen LogP contribution in [0, 0.1) is 0 Å². The van der Waals surface area contributed by atoms with E-state index in [-0.39, 0.29) is 12.4 Å². The van der Waals surface area contributed by atoms with Gasteiger partial charge in [0.1, 0.15) is 11.5 Å². The van der Waals surface area contributed by atoms with E-state index < -0.39 is 5.97 Å². The van der Waals surface area contributed by atoms with Gasteiger partial charge in [-0.05, 0) is 30.7 Å². The molecule has 2 N–H and O–H groups in total. The molecule has 0 unspecified atom stereocenters. The second-order valence-corrected chi connectivity index (χ2v) is 6.59. The second kappa shape index (κ2) is 7.27. The van der Waals surface area contributed by atoms with Gasteiger partial charge in [-0.2, -0.15) is 0 Å². The number of benzene rings is 3. The monoisotopic (exact) mass is 375 g/mol. The number of methoxy groups -OCH3 is 1. The molecule has 0 saturated heterocycles. The molecule has 5 heteroatoms. The molecule has 142 valence electrons. The molecule has 0 radical (unpaired) electrons. The molecule has 1 heterocycles. The maximum atomic E-state index is 12.8. The number of nitrogens with one attached hydrogen (secondary N) is 1. The number of aromatic hydroxyl groups is 1. The van der Waals surface area contributed by atoms with Gasteiger partial charge in [0.15, 0.2) is 0 Å². The largest absolute Gasteiger partial charge is 0.507 e. The molecule has 0 spiro atoms. The van der Waals surface area contributed by atoms with Crippen LogP contribution >= 0.6 is 0 Å². The van der Waals surface area contributed by atoms with E-state index in [1.165, 1.54) is 0 Å². The summed E-state index contributed by atoms with van der Waals surface area (Å²) in [4.78, 5) is 16.2. The van der Waals surface area contributed by atoms with E-state index in [4.69, 9.17) is 9.47 Å². The van der Waals surface area contributed by atoms with Gasteiger partial charge in [-0.15, -0.1) is 0 Å². The number of carbonyl (C=O) groups is 1. The first-order chi connectivity index (χ1) is 13.6. The van der Waals surface area contributed by atoms with E-state index in [2.05, 4.69) is 4.98 Å². The van der Waals surface area contributed by atoms with Crippen molar-refractivity contribution >= 4 is 27.6 Å². The molecule has 4 rings (SSSR count). The van der Waals surface area contributed by atoms with Gasteiger partial charge in [0.25, 0.3) is 0 Å². The molecule has 0 bridgehead atoms. The van der Waals surface area contributed by atoms with Crippen molar-refractivity contribution in [2.75, 3.05) is 13.7 Å². The van der Waals surface area contributed by atoms with Crippen LogP contribution in [0.5, 0.6) is 11.5 Å². The predicted octanol–water partition coefficient (Wildman–Crippen LogP) is 4.80. The third kappa shape index (κ3) is 3.05. The Morgan fingerprint density at radius 2 is 1.82 bits per heavy atom. The lowest BCUT2D eigenvalue weighted by atomic mass is 10.0. The van der Waals surface area contributed by atoms with E-state index in [1.54, 1.807) is 20.1 Å². The number of phenols is 1. The molecule has 0 amide bonds. The van der Waals surface area contributed by atoms with Crippen molar-refractivity contribution < 1.29 is 19.4 Å². The van der Waals surface area contributed by atoms with E-state index in [9.17, 15) is 9.90 Å². The summed E-state index contributed by atoms with van der Waals surface area (Å²) in [6.45, 7) is 2.06. The summed E-state index contributed by atoms with van der Waals surface area (Å²) >= 11 is 0. The first kappa shape index (κ1) is 17.9. The summed E-state index contributed by atoms with van der Waals surface area (Å²) in [6, 6.07) is 16.9. The Labute approximate surface area is 162 Å². The van der Waals surface area contributed by atoms with E-state index in [1.807, 2.05) is 48.5 Å². The summed E-state index contributed by atoms with van der Waals surface area (Å²) in [5.74, 6) is 0.497. The highest BCUT2D eigenvalue weighted by Gasteiger charge is 2.22. The highest BCUT2D eigenvalue weighted by molar-refractivity contribution is 6.15. The van der Waals surface area contributed by atoms with Crippen molar-refractivity contribution in [3.05, 3.63) is 71.4 Å². The average Bonchev–Trinajstić information content (AvgIpc) is 3.06. The SMILES string of the molecule is CCOC(=O)c1c(Cc2cccc(OC)c2)[nH]c2c1cc(O)c1ccccc12. The Morgan fingerprint density at radius 3 is 2.57 bits per heavy atom. The predicted molar refractivity (Wildman–Crippen MR) is 109 cm³/mol. The molecule has 0 aliphatic heterocycles. The van der Waals surface area contributed by atoms with Crippen LogP contribution in [0.1, 0.15) is 28.5 Å². The number of hydrogen-bond acceptors (Lipinski definition) is 4. The van der Waals surface area contributed by atoms with Crippen molar-refractivity contribution in [2.24, 2.45) is 0 Å². The van der Waals surface area contributed by atoms with Gasteiger partial charge in [0, 0.05) is 28.3 Å². The highest BCUT2D eigenvalue weighted by Crippen LogP contribution is 2.36. The fourth-order valence-corrected chi connectivity index (χ4v) is 3.62. The Morgan fingerprint density at radius 1 is 1.04 bits per heavy atom. The molecule has 1 aromatic heterocycles. The summed E-state index contributed by atoms with van der Waals surface area (Å²) in [5, 5.41) is 12.7. The zero-order valence-electron chi connectivity index (χ0n) is 15.8. The lowest BCUT2D eigenvalue weighted by molar-refractivity contribution is 0.0527. The number of esters is 1. The summed E-state index contributed by atoms with van der Waals surface area (Å²) < 4.78 is 10.6. The zero-order chi connectivity index (χ0) is 19.7. The maximum Gasteiger partial charge on any atom is 0.340 e. The summed E-state index contributed by atoms with van der Waals surface area (Å²) in [7, 11) is 1.63. The number of H-pyrrole nitrogens is 1.